The molecular formula is C60H66N16O7P2S. The molecule has 8 aromatic rings. The fraction of sp³-hybridized carbons (Fsp3) is 0.367. The fourth-order valence-corrected chi connectivity index (χ4v) is 15.6. The van der Waals surface area contributed by atoms with Crippen LogP contribution in [0.5, 0.6) is 0 Å². The number of hydrogen-bond acceptors (Lipinski definition) is 19. The highest BCUT2D eigenvalue weighted by Gasteiger charge is 2.54. The summed E-state index contributed by atoms with van der Waals surface area (Å²) < 4.78 is 47.1. The summed E-state index contributed by atoms with van der Waals surface area (Å²) in [7, 11) is 2.14. The molecule has 86 heavy (non-hydrogen) atoms. The van der Waals surface area contributed by atoms with Crippen LogP contribution in [0.3, 0.4) is 0 Å². The average molecular weight is 1220 g/mol. The lowest BCUT2D eigenvalue weighted by atomic mass is 9.76. The molecule has 11 rings (SSSR count). The predicted molar refractivity (Wildman–Crippen MR) is 328 cm³/mol. The van der Waals surface area contributed by atoms with E-state index in [0.717, 1.165) is 16.7 Å². The molecule has 3 N–H and O–H groups in total. The third-order valence-corrected chi connectivity index (χ3v) is 19.8. The van der Waals surface area contributed by atoms with Gasteiger partial charge < -0.3 is 37.8 Å². The molecule has 1 amide bonds. The molecule has 0 aliphatic carbocycles. The van der Waals surface area contributed by atoms with E-state index in [-0.39, 0.29) is 62.9 Å². The largest absolute Gasteiger partial charge is 0.369 e. The van der Waals surface area contributed by atoms with Gasteiger partial charge in [0.1, 0.15) is 37.3 Å². The standard InChI is InChI=1S/C60H66N16O7P2S/c1-40(2)76-41(3)53(83-84(76)78-30-18-28-61)54-47(33-50(82-54)75-39-68-52-56(64-36-66-58(52)75)70-59(77)42-20-10-6-11-21-42)72-85(86,79-31-19-29-62)80-34-48-46(32-49(81-48)74-38-67-51-55(69-37-73(4)5)63-35-65-57(51)74)71-60(43-22-12-7-13-23-43,44-24-14-8-15-25-44)45-26-16-9-17-27-45/h6-17,20-27,35-41,46-50,53-54,71H,18-19,30-34H2,1-5H3,(H,72,86)(H,64,66,70,77)/t41?,46?,47?,48-,49-,50-,53?,54+,84?,85?/m1/s1. The number of fused-ring (bicyclic) bond motifs is 2. The lowest BCUT2D eigenvalue weighted by molar-refractivity contribution is -0.0558. The Balaban J connectivity index is 0.955. The SMILES string of the molecule is CC(C)N1C(C)C([C@H]2O[C@@H](n3cnc4c(NC(=O)c5ccccc5)ncnc43)CC2NP(=S)(OCCC#N)OC[C@H]2O[C@@H](n3cnc4c(N=CN(C)C)ncnc43)CC2NC(c2ccccc2)(c2ccccc2)c2ccccc2)OP1OCCC#N. The summed E-state index contributed by atoms with van der Waals surface area (Å²) >= 11 is 6.61. The first-order valence-corrected chi connectivity index (χ1v) is 32.1. The van der Waals surface area contributed by atoms with Gasteiger partial charge in [-0.05, 0) is 61.4 Å². The van der Waals surface area contributed by atoms with Crippen molar-refractivity contribution in [2.24, 2.45) is 4.99 Å². The van der Waals surface area contributed by atoms with Crippen LogP contribution in [0.2, 0.25) is 0 Å². The van der Waals surface area contributed by atoms with E-state index in [1.807, 2.05) is 84.2 Å². The minimum Gasteiger partial charge on any atom is -0.369 e. The number of hydrogen-bond donors (Lipinski definition) is 3. The van der Waals surface area contributed by atoms with Gasteiger partial charge in [-0.15, -0.1) is 0 Å². The average Bonchev–Trinajstić information content (AvgIpc) is 3.17. The number of nitrogens with one attached hydrogen (secondary N) is 3. The van der Waals surface area contributed by atoms with Crippen LogP contribution < -0.4 is 15.7 Å². The minimum atomic E-state index is -3.66. The highest BCUT2D eigenvalue weighted by Crippen LogP contribution is 2.57. The Hall–Kier alpha value is -7.38. The van der Waals surface area contributed by atoms with Crippen molar-refractivity contribution in [3.05, 3.63) is 169 Å². The topological polar surface area (TPSA) is 262 Å². The molecule has 444 valence electrons. The first-order chi connectivity index (χ1) is 41.9. The first-order valence-electron chi connectivity index (χ1n) is 28.3. The van der Waals surface area contributed by atoms with Crippen molar-refractivity contribution >= 4 is 73.2 Å². The van der Waals surface area contributed by atoms with Gasteiger partial charge >= 0.3 is 0 Å². The number of aliphatic imine (C=N–C) groups is 1. The molecule has 0 radical (unpaired) electrons. The molecule has 10 atom stereocenters. The second-order valence-corrected chi connectivity index (χ2v) is 26.0. The van der Waals surface area contributed by atoms with Gasteiger partial charge in [-0.2, -0.15) is 10.5 Å². The number of ether oxygens (including phenoxy) is 2. The summed E-state index contributed by atoms with van der Waals surface area (Å²) in [5.74, 6) is 0.286. The van der Waals surface area contributed by atoms with Crippen LogP contribution in [0.1, 0.15) is 86.0 Å². The summed E-state index contributed by atoms with van der Waals surface area (Å²) in [6, 6.07) is 42.9. The van der Waals surface area contributed by atoms with Crippen molar-refractivity contribution in [3.8, 4) is 12.1 Å². The van der Waals surface area contributed by atoms with E-state index in [2.05, 4.69) is 110 Å². The van der Waals surface area contributed by atoms with E-state index >= 15 is 0 Å². The highest BCUT2D eigenvalue weighted by molar-refractivity contribution is 8.09. The smallest absolute Gasteiger partial charge is 0.261 e. The number of nitriles is 2. The number of nitrogens with zero attached hydrogens (tertiary/aromatic N) is 13. The van der Waals surface area contributed by atoms with Gasteiger partial charge in [-0.25, -0.2) is 44.7 Å². The summed E-state index contributed by atoms with van der Waals surface area (Å²) in [6.45, 7) is 2.64. The van der Waals surface area contributed by atoms with Crippen molar-refractivity contribution in [2.75, 3.05) is 39.2 Å². The molecule has 3 fully saturated rings. The first kappa shape index (κ1) is 60.3. The number of carbonyl (C=O) groups is 1. The molecule has 0 bridgehead atoms. The van der Waals surface area contributed by atoms with Crippen LogP contribution in [-0.4, -0.2) is 137 Å². The lowest BCUT2D eigenvalue weighted by Crippen LogP contribution is -2.53. The molecule has 3 aliphatic heterocycles. The maximum atomic E-state index is 13.4. The van der Waals surface area contributed by atoms with Crippen LogP contribution in [0.4, 0.5) is 11.6 Å². The zero-order valence-corrected chi connectivity index (χ0v) is 50.7. The zero-order chi connectivity index (χ0) is 59.8. The zero-order valence-electron chi connectivity index (χ0n) is 48.1. The van der Waals surface area contributed by atoms with Crippen molar-refractivity contribution < 1.29 is 32.4 Å². The summed E-state index contributed by atoms with van der Waals surface area (Å²) in [5, 5.41) is 30.1. The molecule has 3 aliphatic rings. The van der Waals surface area contributed by atoms with E-state index in [0.29, 0.717) is 40.1 Å². The minimum absolute atomic E-state index is 0.00129. The van der Waals surface area contributed by atoms with E-state index < -0.39 is 63.6 Å². The molecule has 0 spiro atoms. The van der Waals surface area contributed by atoms with Gasteiger partial charge in [0.25, 0.3) is 21.1 Å². The van der Waals surface area contributed by atoms with E-state index in [9.17, 15) is 15.3 Å². The maximum absolute atomic E-state index is 13.4. The Morgan fingerprint density at radius 2 is 1.35 bits per heavy atom. The molecule has 0 saturated carbocycles. The summed E-state index contributed by atoms with van der Waals surface area (Å²) in [6.07, 6.45) is 5.39. The normalized spacial score (nSPS) is 23.2. The third kappa shape index (κ3) is 12.9. The number of amides is 1. The maximum Gasteiger partial charge on any atom is 0.261 e. The fourth-order valence-electron chi connectivity index (χ4n) is 11.3. The van der Waals surface area contributed by atoms with Crippen LogP contribution >= 0.6 is 15.2 Å². The Morgan fingerprint density at radius 1 is 0.779 bits per heavy atom. The second-order valence-electron chi connectivity index (χ2n) is 21.4. The van der Waals surface area contributed by atoms with Crippen molar-refractivity contribution in [1.29, 1.82) is 10.5 Å². The van der Waals surface area contributed by atoms with Crippen LogP contribution in [-0.2, 0) is 44.9 Å². The molecule has 4 aromatic heterocycles. The molecule has 6 unspecified atom stereocenters. The molecule has 23 nitrogen and oxygen atoms in total. The number of carbonyl (C=O) groups excluding carboxylic acids is 1. The molecule has 26 heteroatoms. The van der Waals surface area contributed by atoms with Gasteiger partial charge in [0.15, 0.2) is 34.0 Å². The highest BCUT2D eigenvalue weighted by atomic mass is 32.5. The number of rotatable bonds is 24. The van der Waals surface area contributed by atoms with Gasteiger partial charge in [-0.1, -0.05) is 109 Å². The number of imidazole rings is 2. The van der Waals surface area contributed by atoms with E-state index in [1.54, 1.807) is 47.8 Å². The van der Waals surface area contributed by atoms with Crippen molar-refractivity contribution in [2.45, 2.75) is 107 Å². The lowest BCUT2D eigenvalue weighted by Gasteiger charge is -2.40. The van der Waals surface area contributed by atoms with Crippen LogP contribution in [0.15, 0.2) is 152 Å². The second kappa shape index (κ2) is 27.1. The molecule has 4 aromatic carbocycles. The Morgan fingerprint density at radius 3 is 1.97 bits per heavy atom. The van der Waals surface area contributed by atoms with Crippen LogP contribution in [0, 0.1) is 22.7 Å². The van der Waals surface area contributed by atoms with Gasteiger partial charge in [0, 0.05) is 56.7 Å². The monoisotopic (exact) mass is 1220 g/mol. The Bertz CT molecular complexity index is 3670. The number of anilines is 1. The molecule has 7 heterocycles. The van der Waals surface area contributed by atoms with Gasteiger partial charge in [-0.3, -0.25) is 19.2 Å². The molecular weight excluding hydrogens is 1150 g/mol. The molecule has 3 saturated heterocycles. The van der Waals surface area contributed by atoms with Gasteiger partial charge in [0.2, 0.25) is 0 Å². The van der Waals surface area contributed by atoms with E-state index in [1.165, 1.54) is 12.7 Å². The predicted octanol–water partition coefficient (Wildman–Crippen LogP) is 9.45. The number of aromatic nitrogens is 8. The van der Waals surface area contributed by atoms with Crippen molar-refractivity contribution in [3.63, 3.8) is 0 Å². The quantitative estimate of drug-likeness (QED) is 0.0167. The van der Waals surface area contributed by atoms with E-state index in [4.69, 9.17) is 54.3 Å². The Kier molecular flexibility index (Phi) is 19.0. The summed E-state index contributed by atoms with van der Waals surface area (Å²) in [5.41, 5.74) is 4.36. The summed E-state index contributed by atoms with van der Waals surface area (Å²) in [4.78, 5) is 47.5. The van der Waals surface area contributed by atoms with Gasteiger partial charge in [0.05, 0.1) is 75.4 Å². The third-order valence-electron chi connectivity index (χ3n) is 15.2. The number of benzene rings is 4. The van der Waals surface area contributed by atoms with Crippen molar-refractivity contribution in [1.82, 2.24) is 59.0 Å². The van der Waals surface area contributed by atoms with Crippen LogP contribution in [0.25, 0.3) is 22.3 Å². The Labute approximate surface area is 504 Å².